The van der Waals surface area contributed by atoms with Gasteiger partial charge in [0.1, 0.15) is 0 Å². The molecule has 1 amide bonds. The van der Waals surface area contributed by atoms with Crippen molar-refractivity contribution in [1.82, 2.24) is 14.2 Å². The molecule has 3 aromatic carbocycles. The Morgan fingerprint density at radius 3 is 2.35 bits per heavy atom. The van der Waals surface area contributed by atoms with E-state index in [9.17, 15) is 26.4 Å². The maximum absolute atomic E-state index is 13.7. The lowest BCUT2D eigenvalue weighted by molar-refractivity contribution is -0.192. The molecule has 1 fully saturated rings. The van der Waals surface area contributed by atoms with E-state index in [-0.39, 0.29) is 5.91 Å². The highest BCUT2D eigenvalue weighted by Crippen LogP contribution is 2.36. The van der Waals surface area contributed by atoms with Gasteiger partial charge < -0.3 is 19.6 Å². The van der Waals surface area contributed by atoms with Crippen molar-refractivity contribution in [2.75, 3.05) is 44.3 Å². The maximum atomic E-state index is 13.7. The van der Waals surface area contributed by atoms with Crippen molar-refractivity contribution >= 4 is 38.5 Å². The lowest BCUT2D eigenvalue weighted by Crippen LogP contribution is -2.41. The number of hydrogen-bond donors (Lipinski definition) is 1. The van der Waals surface area contributed by atoms with E-state index in [0.717, 1.165) is 57.5 Å². The van der Waals surface area contributed by atoms with Crippen molar-refractivity contribution in [3.8, 4) is 0 Å². The number of ether oxygens (including phenoxy) is 1. The summed E-state index contributed by atoms with van der Waals surface area (Å²) in [6.45, 7) is 3.86. The standard InChI is InChI=1S/C32H32N4O4S.C2HF3O2/c37-32-31-25(21-35(32)16-14-26-12-11-24-5-1-2-8-28(24)33-26)7-3-9-29(31)34-15-13-23-6-4-10-30(27(23)22-34)41(38,39)36-17-19-40-20-18-36;3-2(4,5)1(6)7/h1-12H,13-22H2;(H,6,7). The number of fused-ring (bicyclic) bond motifs is 3. The topological polar surface area (TPSA) is 120 Å². The molecule has 0 radical (unpaired) electrons. The third-order valence-electron chi connectivity index (χ3n) is 8.69. The van der Waals surface area contributed by atoms with Crippen LogP contribution in [0.5, 0.6) is 0 Å². The van der Waals surface area contributed by atoms with Gasteiger partial charge in [0.2, 0.25) is 10.0 Å². The van der Waals surface area contributed by atoms with E-state index in [1.807, 2.05) is 65.6 Å². The number of carbonyl (C=O) groups excluding carboxylic acids is 1. The third kappa shape index (κ3) is 6.86. The SMILES string of the molecule is O=C(O)C(F)(F)F.O=C1c2c(cccc2N2CCc3cccc(S(=O)(=O)N4CCOCC4)c3C2)CN1CCc1ccc2ccccc2n1. The van der Waals surface area contributed by atoms with Gasteiger partial charge in [0.15, 0.2) is 0 Å². The van der Waals surface area contributed by atoms with Crippen LogP contribution in [0.1, 0.15) is 32.7 Å². The number of aromatic nitrogens is 1. The molecule has 1 saturated heterocycles. The summed E-state index contributed by atoms with van der Waals surface area (Å²) >= 11 is 0. The average molecular weight is 683 g/mol. The normalized spacial score (nSPS) is 16.7. The van der Waals surface area contributed by atoms with E-state index >= 15 is 0 Å². The molecule has 0 spiro atoms. The number of sulfonamides is 1. The van der Waals surface area contributed by atoms with E-state index in [4.69, 9.17) is 19.6 Å². The highest BCUT2D eigenvalue weighted by molar-refractivity contribution is 7.89. The number of rotatable bonds is 6. The number of alkyl halides is 3. The van der Waals surface area contributed by atoms with Crippen LogP contribution in [0, 0.1) is 0 Å². The summed E-state index contributed by atoms with van der Waals surface area (Å²) in [5, 5.41) is 8.23. The number of carbonyl (C=O) groups is 2. The second-order valence-electron chi connectivity index (χ2n) is 11.7. The molecular weight excluding hydrogens is 649 g/mol. The van der Waals surface area contributed by atoms with Gasteiger partial charge >= 0.3 is 12.1 Å². The molecule has 0 saturated carbocycles. The number of benzene rings is 3. The summed E-state index contributed by atoms with van der Waals surface area (Å²) in [5.74, 6) is -2.73. The van der Waals surface area contributed by atoms with Crippen molar-refractivity contribution < 1.29 is 41.0 Å². The Labute approximate surface area is 275 Å². The van der Waals surface area contributed by atoms with Gasteiger partial charge in [0.25, 0.3) is 5.91 Å². The molecule has 3 aliphatic heterocycles. The molecule has 7 rings (SSSR count). The van der Waals surface area contributed by atoms with E-state index in [0.29, 0.717) is 57.3 Å². The minimum absolute atomic E-state index is 0.0245. The summed E-state index contributed by atoms with van der Waals surface area (Å²) in [6.07, 6.45) is -3.68. The van der Waals surface area contributed by atoms with Crippen molar-refractivity contribution in [3.63, 3.8) is 0 Å². The smallest absolute Gasteiger partial charge is 0.475 e. The van der Waals surface area contributed by atoms with Crippen LogP contribution < -0.4 is 4.90 Å². The van der Waals surface area contributed by atoms with Gasteiger partial charge in [0, 0.05) is 56.8 Å². The predicted molar refractivity (Wildman–Crippen MR) is 171 cm³/mol. The van der Waals surface area contributed by atoms with Gasteiger partial charge in [-0.25, -0.2) is 13.2 Å². The monoisotopic (exact) mass is 682 g/mol. The number of aliphatic carboxylic acids is 1. The van der Waals surface area contributed by atoms with Crippen LogP contribution in [0.15, 0.2) is 77.7 Å². The van der Waals surface area contributed by atoms with Gasteiger partial charge in [-0.05, 0) is 47.4 Å². The number of nitrogens with zero attached hydrogens (tertiary/aromatic N) is 4. The number of morpholine rings is 1. The van der Waals surface area contributed by atoms with Gasteiger partial charge in [-0.15, -0.1) is 0 Å². The van der Waals surface area contributed by atoms with Crippen LogP contribution in [0.3, 0.4) is 0 Å². The highest BCUT2D eigenvalue weighted by Gasteiger charge is 2.38. The molecular formula is C34H33F3N4O6S. The molecule has 3 aliphatic rings. The number of anilines is 1. The molecule has 4 aromatic rings. The van der Waals surface area contributed by atoms with Gasteiger partial charge in [0.05, 0.1) is 34.9 Å². The summed E-state index contributed by atoms with van der Waals surface area (Å²) < 4.78 is 65.9. The van der Waals surface area contributed by atoms with E-state index < -0.39 is 22.2 Å². The van der Waals surface area contributed by atoms with Gasteiger partial charge in [-0.1, -0.05) is 48.5 Å². The Morgan fingerprint density at radius 1 is 0.896 bits per heavy atom. The second-order valence-corrected chi connectivity index (χ2v) is 13.6. The first-order chi connectivity index (χ1) is 22.9. The van der Waals surface area contributed by atoms with Crippen LogP contribution in [0.4, 0.5) is 18.9 Å². The molecule has 48 heavy (non-hydrogen) atoms. The van der Waals surface area contributed by atoms with E-state index in [1.165, 1.54) is 4.31 Å². The molecule has 14 heteroatoms. The molecule has 0 aliphatic carbocycles. The number of carboxylic acids is 1. The van der Waals surface area contributed by atoms with Crippen LogP contribution in [0.25, 0.3) is 10.9 Å². The Morgan fingerprint density at radius 2 is 1.60 bits per heavy atom. The molecule has 0 unspecified atom stereocenters. The third-order valence-corrected chi connectivity index (χ3v) is 10.7. The first kappa shape index (κ1) is 33.4. The zero-order valence-electron chi connectivity index (χ0n) is 25.8. The van der Waals surface area contributed by atoms with Gasteiger partial charge in [-0.3, -0.25) is 9.78 Å². The van der Waals surface area contributed by atoms with Crippen LogP contribution in [-0.2, 0) is 45.5 Å². The number of hydrogen-bond acceptors (Lipinski definition) is 7. The average Bonchev–Trinajstić information content (AvgIpc) is 3.42. The van der Waals surface area contributed by atoms with Crippen LogP contribution in [-0.4, -0.2) is 85.2 Å². The second kappa shape index (κ2) is 13.5. The zero-order chi connectivity index (χ0) is 34.1. The molecule has 1 N–H and O–H groups in total. The highest BCUT2D eigenvalue weighted by atomic mass is 32.2. The van der Waals surface area contributed by atoms with Crippen LogP contribution >= 0.6 is 0 Å². The lowest BCUT2D eigenvalue weighted by atomic mass is 9.98. The Kier molecular flexibility index (Phi) is 9.41. The van der Waals surface area contributed by atoms with Gasteiger partial charge in [-0.2, -0.15) is 17.5 Å². The van der Waals surface area contributed by atoms with Crippen molar-refractivity contribution in [1.29, 1.82) is 0 Å². The molecule has 0 atom stereocenters. The number of amides is 1. The van der Waals surface area contributed by atoms with Crippen LogP contribution in [0.2, 0.25) is 0 Å². The number of para-hydroxylation sites is 1. The summed E-state index contributed by atoms with van der Waals surface area (Å²) in [7, 11) is -3.64. The number of carboxylic acid groups (broad SMARTS) is 1. The first-order valence-corrected chi connectivity index (χ1v) is 16.9. The Bertz CT molecular complexity index is 1960. The minimum atomic E-state index is -5.08. The fraction of sp³-hybridized carbons (Fsp3) is 0.324. The summed E-state index contributed by atoms with van der Waals surface area (Å²) in [4.78, 5) is 31.8. The predicted octanol–water partition coefficient (Wildman–Crippen LogP) is 4.65. The lowest BCUT2D eigenvalue weighted by Gasteiger charge is -2.34. The quantitative estimate of drug-likeness (QED) is 0.312. The van der Waals surface area contributed by atoms with Crippen molar-refractivity contribution in [2.45, 2.75) is 37.0 Å². The Hall–Kier alpha value is -4.53. The number of halogens is 3. The maximum Gasteiger partial charge on any atom is 0.490 e. The fourth-order valence-corrected chi connectivity index (χ4v) is 7.93. The number of pyridine rings is 1. The van der Waals surface area contributed by atoms with E-state index in [2.05, 4.69) is 11.0 Å². The van der Waals surface area contributed by atoms with Crippen molar-refractivity contribution in [3.05, 3.63) is 101 Å². The molecule has 4 heterocycles. The molecule has 1 aromatic heterocycles. The minimum Gasteiger partial charge on any atom is -0.475 e. The molecule has 252 valence electrons. The first-order valence-electron chi connectivity index (χ1n) is 15.4. The van der Waals surface area contributed by atoms with Crippen molar-refractivity contribution in [2.24, 2.45) is 0 Å². The largest absolute Gasteiger partial charge is 0.490 e. The molecule has 0 bridgehead atoms. The summed E-state index contributed by atoms with van der Waals surface area (Å²) in [5.41, 5.74) is 6.43. The molecule has 10 nitrogen and oxygen atoms in total. The fourth-order valence-electron chi connectivity index (χ4n) is 6.27. The summed E-state index contributed by atoms with van der Waals surface area (Å²) in [6, 6.07) is 23.8. The van der Waals surface area contributed by atoms with E-state index in [1.54, 1.807) is 6.07 Å². The zero-order valence-corrected chi connectivity index (χ0v) is 26.6. The Balaban J connectivity index is 0.000000519.